The minimum Gasteiger partial charge on any atom is -0.348 e. The number of halogens is 2. The number of carbonyl (C=O) groups is 1. The zero-order chi connectivity index (χ0) is 16.7. The van der Waals surface area contributed by atoms with Gasteiger partial charge in [0.2, 0.25) is 0 Å². The Labute approximate surface area is 154 Å². The van der Waals surface area contributed by atoms with Crippen molar-refractivity contribution < 1.29 is 4.79 Å². The normalized spacial score (nSPS) is 25.7. The van der Waals surface area contributed by atoms with Crippen LogP contribution in [0.1, 0.15) is 36.2 Å². The standard InChI is InChI=1S/C17H17Cl2N3OS/c18-9-1-4-13(14(19)5-9)17-22-15(8-24-17)16(23)21-12-6-10-2-3-11(7-12)20-10/h1,4-5,8,10-12,20H,2-3,6-7H2,(H,21,23). The summed E-state index contributed by atoms with van der Waals surface area (Å²) in [7, 11) is 0. The van der Waals surface area contributed by atoms with Gasteiger partial charge in [-0.1, -0.05) is 23.2 Å². The SMILES string of the molecule is O=C(NC1CC2CCC(C1)N2)c1csc(-c2ccc(Cl)cc2Cl)n1. The summed E-state index contributed by atoms with van der Waals surface area (Å²) in [4.78, 5) is 16.9. The van der Waals surface area contributed by atoms with Gasteiger partial charge in [0.1, 0.15) is 10.7 Å². The fourth-order valence-corrected chi connectivity index (χ4v) is 4.99. The Kier molecular flexibility index (Phi) is 4.52. The monoisotopic (exact) mass is 381 g/mol. The third-order valence-electron chi connectivity index (χ3n) is 4.71. The third kappa shape index (κ3) is 3.31. The van der Waals surface area contributed by atoms with Gasteiger partial charge in [0.05, 0.1) is 5.02 Å². The first-order valence-electron chi connectivity index (χ1n) is 8.06. The highest BCUT2D eigenvalue weighted by Crippen LogP contribution is 2.32. The molecule has 3 heterocycles. The minimum atomic E-state index is -0.103. The molecule has 24 heavy (non-hydrogen) atoms. The largest absolute Gasteiger partial charge is 0.348 e. The molecule has 0 saturated carbocycles. The number of nitrogens with one attached hydrogen (secondary N) is 2. The van der Waals surface area contributed by atoms with Gasteiger partial charge in [-0.3, -0.25) is 4.79 Å². The maximum atomic E-state index is 12.5. The second-order valence-electron chi connectivity index (χ2n) is 6.44. The van der Waals surface area contributed by atoms with Crippen LogP contribution in [0.4, 0.5) is 0 Å². The number of aromatic nitrogens is 1. The van der Waals surface area contributed by atoms with Gasteiger partial charge in [-0.15, -0.1) is 11.3 Å². The molecule has 2 saturated heterocycles. The van der Waals surface area contributed by atoms with Crippen molar-refractivity contribution in [3.63, 3.8) is 0 Å². The van der Waals surface area contributed by atoms with Crippen LogP contribution >= 0.6 is 34.5 Å². The average molecular weight is 382 g/mol. The molecular weight excluding hydrogens is 365 g/mol. The lowest BCUT2D eigenvalue weighted by Gasteiger charge is -2.29. The number of hydrogen-bond acceptors (Lipinski definition) is 4. The van der Waals surface area contributed by atoms with E-state index in [1.165, 1.54) is 24.2 Å². The lowest BCUT2D eigenvalue weighted by Crippen LogP contribution is -2.48. The summed E-state index contributed by atoms with van der Waals surface area (Å²) in [5.41, 5.74) is 1.25. The highest BCUT2D eigenvalue weighted by molar-refractivity contribution is 7.13. The molecule has 0 radical (unpaired) electrons. The van der Waals surface area contributed by atoms with Crippen LogP contribution in [0.3, 0.4) is 0 Å². The third-order valence-corrected chi connectivity index (χ3v) is 6.13. The number of amides is 1. The summed E-state index contributed by atoms with van der Waals surface area (Å²) in [5.74, 6) is -0.103. The van der Waals surface area contributed by atoms with Crippen molar-refractivity contribution in [3.8, 4) is 10.6 Å². The Bertz CT molecular complexity index is 767. The fraction of sp³-hybridized carbons (Fsp3) is 0.412. The Morgan fingerprint density at radius 1 is 1.25 bits per heavy atom. The first kappa shape index (κ1) is 16.3. The molecule has 2 aliphatic heterocycles. The molecule has 2 N–H and O–H groups in total. The molecule has 4 nitrogen and oxygen atoms in total. The summed E-state index contributed by atoms with van der Waals surface area (Å²) >= 11 is 13.6. The van der Waals surface area contributed by atoms with Crippen LogP contribution < -0.4 is 10.6 Å². The Morgan fingerprint density at radius 3 is 2.71 bits per heavy atom. The molecule has 4 rings (SSSR count). The van der Waals surface area contributed by atoms with Crippen LogP contribution in [-0.4, -0.2) is 29.0 Å². The number of benzene rings is 1. The Balaban J connectivity index is 1.47. The van der Waals surface area contributed by atoms with E-state index in [-0.39, 0.29) is 11.9 Å². The molecule has 1 aromatic heterocycles. The van der Waals surface area contributed by atoms with Crippen LogP contribution in [0.25, 0.3) is 10.6 Å². The van der Waals surface area contributed by atoms with Crippen molar-refractivity contribution in [2.75, 3.05) is 0 Å². The fourth-order valence-electron chi connectivity index (χ4n) is 3.60. The first-order chi connectivity index (χ1) is 11.6. The van der Waals surface area contributed by atoms with E-state index >= 15 is 0 Å². The van der Waals surface area contributed by atoms with Crippen LogP contribution in [0.2, 0.25) is 10.0 Å². The van der Waals surface area contributed by atoms with Crippen LogP contribution in [0.15, 0.2) is 23.6 Å². The average Bonchev–Trinajstić information content (AvgIpc) is 3.14. The molecule has 2 bridgehead atoms. The molecule has 2 fully saturated rings. The number of fused-ring (bicyclic) bond motifs is 2. The van der Waals surface area contributed by atoms with Crippen molar-refractivity contribution in [2.45, 2.75) is 43.8 Å². The van der Waals surface area contributed by atoms with E-state index in [1.807, 2.05) is 6.07 Å². The topological polar surface area (TPSA) is 54.0 Å². The number of piperidine rings is 1. The van der Waals surface area contributed by atoms with Crippen molar-refractivity contribution >= 4 is 40.4 Å². The smallest absolute Gasteiger partial charge is 0.270 e. The quantitative estimate of drug-likeness (QED) is 0.839. The predicted molar refractivity (Wildman–Crippen MR) is 98.0 cm³/mol. The first-order valence-corrected chi connectivity index (χ1v) is 9.70. The predicted octanol–water partition coefficient (Wildman–Crippen LogP) is 4.13. The molecule has 1 amide bonds. The molecular formula is C17H17Cl2N3OS. The second-order valence-corrected chi connectivity index (χ2v) is 8.14. The molecule has 0 spiro atoms. The number of hydrogen-bond donors (Lipinski definition) is 2. The highest BCUT2D eigenvalue weighted by atomic mass is 35.5. The molecule has 7 heteroatoms. The van der Waals surface area contributed by atoms with E-state index in [4.69, 9.17) is 23.2 Å². The summed E-state index contributed by atoms with van der Waals surface area (Å²) in [6.45, 7) is 0. The summed E-state index contributed by atoms with van der Waals surface area (Å²) in [6, 6.07) is 6.62. The van der Waals surface area contributed by atoms with Gasteiger partial charge >= 0.3 is 0 Å². The van der Waals surface area contributed by atoms with Crippen molar-refractivity contribution in [1.29, 1.82) is 0 Å². The van der Waals surface area contributed by atoms with E-state index in [2.05, 4.69) is 15.6 Å². The van der Waals surface area contributed by atoms with E-state index < -0.39 is 0 Å². The lowest BCUT2D eigenvalue weighted by atomic mass is 10.00. The molecule has 2 aromatic rings. The molecule has 126 valence electrons. The number of carbonyl (C=O) groups excluding carboxylic acids is 1. The number of rotatable bonds is 3. The van der Waals surface area contributed by atoms with Crippen LogP contribution in [-0.2, 0) is 0 Å². The van der Waals surface area contributed by atoms with Crippen molar-refractivity contribution in [1.82, 2.24) is 15.6 Å². The van der Waals surface area contributed by atoms with Gasteiger partial charge in [0.15, 0.2) is 0 Å². The molecule has 1 aromatic carbocycles. The van der Waals surface area contributed by atoms with Crippen molar-refractivity contribution in [2.24, 2.45) is 0 Å². The zero-order valence-electron chi connectivity index (χ0n) is 12.9. The number of thiazole rings is 1. The van der Waals surface area contributed by atoms with Gasteiger partial charge in [-0.05, 0) is 43.9 Å². The van der Waals surface area contributed by atoms with Crippen molar-refractivity contribution in [3.05, 3.63) is 39.3 Å². The van der Waals surface area contributed by atoms with Gasteiger partial charge in [0.25, 0.3) is 5.91 Å². The maximum absolute atomic E-state index is 12.5. The van der Waals surface area contributed by atoms with Gasteiger partial charge in [0, 0.05) is 34.1 Å². The van der Waals surface area contributed by atoms with E-state index in [0.717, 1.165) is 23.4 Å². The molecule has 0 aliphatic carbocycles. The number of nitrogens with zero attached hydrogens (tertiary/aromatic N) is 1. The van der Waals surface area contributed by atoms with Gasteiger partial charge < -0.3 is 10.6 Å². The Hall–Kier alpha value is -1.14. The van der Waals surface area contributed by atoms with Gasteiger partial charge in [-0.25, -0.2) is 4.98 Å². The van der Waals surface area contributed by atoms with Crippen LogP contribution in [0, 0.1) is 0 Å². The molecule has 2 unspecified atom stereocenters. The van der Waals surface area contributed by atoms with Crippen LogP contribution in [0.5, 0.6) is 0 Å². The van der Waals surface area contributed by atoms with E-state index in [0.29, 0.717) is 27.8 Å². The second kappa shape index (κ2) is 6.64. The summed E-state index contributed by atoms with van der Waals surface area (Å²) in [6.07, 6.45) is 4.43. The van der Waals surface area contributed by atoms with E-state index in [1.54, 1.807) is 17.5 Å². The summed E-state index contributed by atoms with van der Waals surface area (Å²) < 4.78 is 0. The zero-order valence-corrected chi connectivity index (χ0v) is 15.2. The Morgan fingerprint density at radius 2 is 2.00 bits per heavy atom. The minimum absolute atomic E-state index is 0.103. The highest BCUT2D eigenvalue weighted by Gasteiger charge is 2.34. The van der Waals surface area contributed by atoms with E-state index in [9.17, 15) is 4.79 Å². The lowest BCUT2D eigenvalue weighted by molar-refractivity contribution is 0.0919. The maximum Gasteiger partial charge on any atom is 0.270 e. The van der Waals surface area contributed by atoms with Gasteiger partial charge in [-0.2, -0.15) is 0 Å². The molecule has 2 atom stereocenters. The summed E-state index contributed by atoms with van der Waals surface area (Å²) in [5, 5.41) is 10.3. The molecule has 2 aliphatic rings.